The van der Waals surface area contributed by atoms with Gasteiger partial charge in [0.2, 0.25) is 0 Å². The smallest absolute Gasteiger partial charge is 0.310 e. The average molecular weight is 224 g/mol. The molecular formula is C11H16N2O3. The van der Waals surface area contributed by atoms with Crippen molar-refractivity contribution >= 4 is 5.97 Å². The first-order chi connectivity index (χ1) is 7.24. The molecule has 0 atom stereocenters. The lowest BCUT2D eigenvalue weighted by molar-refractivity contribution is -0.147. The lowest BCUT2D eigenvalue weighted by Crippen LogP contribution is -2.35. The number of hydrogen-bond donors (Lipinski definition) is 1. The van der Waals surface area contributed by atoms with E-state index in [2.05, 4.69) is 4.98 Å². The summed E-state index contributed by atoms with van der Waals surface area (Å²) in [6.07, 6.45) is 0. The molecule has 0 aromatic carbocycles. The highest BCUT2D eigenvalue weighted by atomic mass is 16.4. The van der Waals surface area contributed by atoms with Crippen molar-refractivity contribution in [3.63, 3.8) is 0 Å². The Hall–Kier alpha value is -1.65. The second-order valence-corrected chi connectivity index (χ2v) is 4.56. The maximum absolute atomic E-state index is 11.7. The fourth-order valence-corrected chi connectivity index (χ4v) is 1.42. The molecule has 1 aromatic heterocycles. The topological polar surface area (TPSA) is 72.2 Å². The van der Waals surface area contributed by atoms with Gasteiger partial charge < -0.3 is 5.11 Å². The summed E-state index contributed by atoms with van der Waals surface area (Å²) in [7, 11) is 0. The van der Waals surface area contributed by atoms with E-state index in [-0.39, 0.29) is 12.1 Å². The first kappa shape index (κ1) is 12.4. The minimum absolute atomic E-state index is 0.125. The zero-order valence-electron chi connectivity index (χ0n) is 9.94. The van der Waals surface area contributed by atoms with E-state index in [0.717, 1.165) is 0 Å². The van der Waals surface area contributed by atoms with Gasteiger partial charge in [-0.25, -0.2) is 4.98 Å². The van der Waals surface area contributed by atoms with E-state index in [9.17, 15) is 9.59 Å². The molecule has 16 heavy (non-hydrogen) atoms. The van der Waals surface area contributed by atoms with Crippen LogP contribution in [0.3, 0.4) is 0 Å². The van der Waals surface area contributed by atoms with Gasteiger partial charge in [0.05, 0.1) is 5.41 Å². The van der Waals surface area contributed by atoms with Crippen molar-refractivity contribution in [3.8, 4) is 0 Å². The average Bonchev–Trinajstić information content (AvgIpc) is 2.11. The number of carbonyl (C=O) groups is 1. The predicted octanol–water partition coefficient (Wildman–Crippen LogP) is 0.971. The summed E-state index contributed by atoms with van der Waals surface area (Å²) in [6.45, 7) is 6.73. The second kappa shape index (κ2) is 4.08. The fourth-order valence-electron chi connectivity index (χ4n) is 1.42. The summed E-state index contributed by atoms with van der Waals surface area (Å²) in [5, 5.41) is 9.00. The van der Waals surface area contributed by atoms with E-state index in [4.69, 9.17) is 5.11 Å². The Labute approximate surface area is 93.8 Å². The maximum atomic E-state index is 11.7. The molecule has 0 fully saturated rings. The van der Waals surface area contributed by atoms with Gasteiger partial charge in [-0.15, -0.1) is 0 Å². The highest BCUT2D eigenvalue weighted by Gasteiger charge is 2.28. The fraction of sp³-hybridized carbons (Fsp3) is 0.545. The van der Waals surface area contributed by atoms with E-state index in [1.54, 1.807) is 27.7 Å². The third-order valence-electron chi connectivity index (χ3n) is 2.46. The Morgan fingerprint density at radius 1 is 1.50 bits per heavy atom. The SMILES string of the molecule is Cc1cc(=O)n(CC(C)(C)C(=O)O)c(C)n1. The summed E-state index contributed by atoms with van der Waals surface area (Å²) in [6, 6.07) is 1.41. The maximum Gasteiger partial charge on any atom is 0.310 e. The number of aromatic nitrogens is 2. The van der Waals surface area contributed by atoms with E-state index in [1.807, 2.05) is 0 Å². The van der Waals surface area contributed by atoms with Crippen LogP contribution in [-0.2, 0) is 11.3 Å². The molecule has 5 nitrogen and oxygen atoms in total. The van der Waals surface area contributed by atoms with Crippen LogP contribution in [0.2, 0.25) is 0 Å². The van der Waals surface area contributed by atoms with Crippen LogP contribution >= 0.6 is 0 Å². The van der Waals surface area contributed by atoms with Crippen LogP contribution in [0.25, 0.3) is 0 Å². The zero-order chi connectivity index (χ0) is 12.5. The minimum atomic E-state index is -0.981. The number of rotatable bonds is 3. The van der Waals surface area contributed by atoms with E-state index in [0.29, 0.717) is 11.5 Å². The van der Waals surface area contributed by atoms with Gasteiger partial charge in [0.1, 0.15) is 5.82 Å². The first-order valence-electron chi connectivity index (χ1n) is 5.02. The monoisotopic (exact) mass is 224 g/mol. The third kappa shape index (κ3) is 2.48. The van der Waals surface area contributed by atoms with Crippen LogP contribution < -0.4 is 5.56 Å². The quantitative estimate of drug-likeness (QED) is 0.830. The molecule has 0 amide bonds. The summed E-state index contributed by atoms with van der Waals surface area (Å²) in [4.78, 5) is 26.8. The molecular weight excluding hydrogens is 208 g/mol. The number of carboxylic acid groups (broad SMARTS) is 1. The van der Waals surface area contributed by atoms with Crippen molar-refractivity contribution in [2.45, 2.75) is 34.2 Å². The lowest BCUT2D eigenvalue weighted by atomic mass is 9.94. The molecule has 0 saturated heterocycles. The van der Waals surface area contributed by atoms with Gasteiger partial charge in [0, 0.05) is 18.3 Å². The number of aryl methyl sites for hydroxylation is 2. The first-order valence-corrected chi connectivity index (χ1v) is 5.02. The summed E-state index contributed by atoms with van der Waals surface area (Å²) in [5.74, 6) is -0.390. The normalized spacial score (nSPS) is 11.5. The van der Waals surface area contributed by atoms with Gasteiger partial charge in [-0.2, -0.15) is 0 Å². The van der Waals surface area contributed by atoms with Crippen molar-refractivity contribution in [2.75, 3.05) is 0 Å². The Balaban J connectivity index is 3.17. The van der Waals surface area contributed by atoms with E-state index in [1.165, 1.54) is 10.6 Å². The van der Waals surface area contributed by atoms with Crippen molar-refractivity contribution in [3.05, 3.63) is 27.9 Å². The van der Waals surface area contributed by atoms with Crippen molar-refractivity contribution in [1.29, 1.82) is 0 Å². The highest BCUT2D eigenvalue weighted by Crippen LogP contribution is 2.17. The molecule has 0 unspecified atom stereocenters. The summed E-state index contributed by atoms with van der Waals surface area (Å²) >= 11 is 0. The highest BCUT2D eigenvalue weighted by molar-refractivity contribution is 5.73. The Morgan fingerprint density at radius 3 is 2.50 bits per heavy atom. The molecule has 0 bridgehead atoms. The molecule has 5 heteroatoms. The molecule has 1 heterocycles. The van der Waals surface area contributed by atoms with Crippen LogP contribution in [-0.4, -0.2) is 20.6 Å². The molecule has 1 N–H and O–H groups in total. The van der Waals surface area contributed by atoms with Gasteiger partial charge in [-0.3, -0.25) is 14.2 Å². The van der Waals surface area contributed by atoms with Crippen LogP contribution in [0.4, 0.5) is 0 Å². The molecule has 88 valence electrons. The van der Waals surface area contributed by atoms with Crippen molar-refractivity contribution in [1.82, 2.24) is 9.55 Å². The van der Waals surface area contributed by atoms with Gasteiger partial charge in [0.25, 0.3) is 5.56 Å². The molecule has 0 aliphatic carbocycles. The number of nitrogens with zero attached hydrogens (tertiary/aromatic N) is 2. The molecule has 0 aliphatic rings. The zero-order valence-corrected chi connectivity index (χ0v) is 9.94. The molecule has 0 saturated carbocycles. The molecule has 0 radical (unpaired) electrons. The van der Waals surface area contributed by atoms with Crippen LogP contribution in [0.1, 0.15) is 25.4 Å². The number of hydrogen-bond acceptors (Lipinski definition) is 3. The Morgan fingerprint density at radius 2 is 2.06 bits per heavy atom. The Kier molecular flexibility index (Phi) is 3.16. The molecule has 0 spiro atoms. The van der Waals surface area contributed by atoms with Gasteiger partial charge in [-0.1, -0.05) is 0 Å². The Bertz CT molecular complexity index is 475. The van der Waals surface area contributed by atoms with Crippen LogP contribution in [0.5, 0.6) is 0 Å². The van der Waals surface area contributed by atoms with Crippen LogP contribution in [0.15, 0.2) is 10.9 Å². The summed E-state index contributed by atoms with van der Waals surface area (Å²) in [5.41, 5.74) is -0.544. The molecule has 1 rings (SSSR count). The van der Waals surface area contributed by atoms with Crippen LogP contribution in [0, 0.1) is 19.3 Å². The summed E-state index contributed by atoms with van der Waals surface area (Å²) < 4.78 is 1.39. The van der Waals surface area contributed by atoms with Gasteiger partial charge in [-0.05, 0) is 27.7 Å². The third-order valence-corrected chi connectivity index (χ3v) is 2.46. The lowest BCUT2D eigenvalue weighted by Gasteiger charge is -2.21. The standard InChI is InChI=1S/C11H16N2O3/c1-7-5-9(14)13(8(2)12-7)6-11(3,4)10(15)16/h5H,6H2,1-4H3,(H,15,16). The molecule has 1 aromatic rings. The number of aliphatic carboxylic acids is 1. The van der Waals surface area contributed by atoms with E-state index < -0.39 is 11.4 Å². The van der Waals surface area contributed by atoms with Gasteiger partial charge >= 0.3 is 5.97 Å². The van der Waals surface area contributed by atoms with Crippen molar-refractivity contribution in [2.24, 2.45) is 5.41 Å². The van der Waals surface area contributed by atoms with E-state index >= 15 is 0 Å². The largest absolute Gasteiger partial charge is 0.481 e. The molecule has 0 aliphatic heterocycles. The minimum Gasteiger partial charge on any atom is -0.481 e. The number of carboxylic acids is 1. The van der Waals surface area contributed by atoms with Crippen molar-refractivity contribution < 1.29 is 9.90 Å². The second-order valence-electron chi connectivity index (χ2n) is 4.56. The predicted molar refractivity (Wildman–Crippen MR) is 59.4 cm³/mol. The van der Waals surface area contributed by atoms with Gasteiger partial charge in [0.15, 0.2) is 0 Å².